The maximum absolute atomic E-state index is 12.0. The first kappa shape index (κ1) is 95.6. The molecule has 92 heavy (non-hydrogen) atoms. The minimum atomic E-state index is -1.15. The number of aromatic hydroxyl groups is 2. The molecular formula is C65H78AlCl6K2LiO17. The van der Waals surface area contributed by atoms with Gasteiger partial charge in [0.25, 0.3) is 6.47 Å². The first-order valence-corrected chi connectivity index (χ1v) is 28.6. The van der Waals surface area contributed by atoms with Gasteiger partial charge in [0.05, 0.1) is 56.1 Å². The molecule has 0 amide bonds. The van der Waals surface area contributed by atoms with Gasteiger partial charge in [-0.05, 0) is 158 Å². The Morgan fingerprint density at radius 3 is 1.50 bits per heavy atom. The van der Waals surface area contributed by atoms with Crippen LogP contribution in [0, 0.1) is 0 Å². The molecule has 0 aliphatic carbocycles. The number of aliphatic hydroxyl groups excluding tert-OH is 1. The molecular weight excluding hydrogens is 1380 g/mol. The number of aromatic carboxylic acids is 1. The summed E-state index contributed by atoms with van der Waals surface area (Å²) in [6, 6.07) is 18.6. The van der Waals surface area contributed by atoms with Gasteiger partial charge in [0.1, 0.15) is 59.8 Å². The van der Waals surface area contributed by atoms with E-state index in [2.05, 4.69) is 37.8 Å². The van der Waals surface area contributed by atoms with Crippen LogP contribution in [0.25, 0.3) is 0 Å². The van der Waals surface area contributed by atoms with E-state index in [0.717, 1.165) is 68.5 Å². The van der Waals surface area contributed by atoms with Crippen LogP contribution in [-0.2, 0) is 49.8 Å². The number of ether oxygens (including phenoxy) is 6. The van der Waals surface area contributed by atoms with E-state index in [1.165, 1.54) is 31.4 Å². The number of benzene rings is 5. The molecule has 5 aromatic rings. The van der Waals surface area contributed by atoms with Crippen molar-refractivity contribution in [2.45, 2.75) is 99.4 Å². The van der Waals surface area contributed by atoms with Crippen LogP contribution in [0.5, 0.6) is 28.7 Å². The number of methoxy groups -OCH3 is 1. The molecule has 0 aromatic heterocycles. The van der Waals surface area contributed by atoms with Crippen LogP contribution in [0.3, 0.4) is 0 Å². The maximum atomic E-state index is 12.0. The van der Waals surface area contributed by atoms with Gasteiger partial charge in [0, 0.05) is 46.0 Å². The Bertz CT molecular complexity index is 3360. The molecule has 0 bridgehead atoms. The van der Waals surface area contributed by atoms with Crippen LogP contribution < -0.4 is 141 Å². The molecule has 0 saturated heterocycles. The summed E-state index contributed by atoms with van der Waals surface area (Å²) in [7, 11) is 1.35. The zero-order valence-corrected chi connectivity index (χ0v) is 64.3. The number of phenolic OH excluding ortho intramolecular Hbond substituents is 2. The molecule has 5 aromatic carbocycles. The number of carbonyl (C=O) groups excluding carboxylic acids is 4. The number of rotatable bonds is 16. The fraction of sp³-hybridized carbons (Fsp3) is 0.308. The van der Waals surface area contributed by atoms with Crippen molar-refractivity contribution < 1.29 is 207 Å². The summed E-state index contributed by atoms with van der Waals surface area (Å²) in [6.45, 7) is 36.0. The summed E-state index contributed by atoms with van der Waals surface area (Å²) in [5.41, 5.74) is 7.65. The SMILES string of the molecule is C=C(C)CCl.C=C(C)COC(=O)c1c(Cl)ccc(O)c1CC(=C)C.C=C(C)COC(=O)c1cc(OCC(=C)C)ccc1Cl.CC1(C)Cc2c(ccc(Cl)c2CO)O1.COC(=O)c1c(Cl)ccc2c1CC(C)(C)O2.O=C(O)c1cc(O)ccc1Cl.O=CO[O-].[AlH3].[H-].[H-].[K+].[K+].[Li+]. The Hall–Kier alpha value is -2.79. The van der Waals surface area contributed by atoms with E-state index in [1.807, 2.05) is 54.5 Å². The monoisotopic (exact) mass is 1450 g/mol. The largest absolute Gasteiger partial charge is 1.00 e. The summed E-state index contributed by atoms with van der Waals surface area (Å²) >= 11 is 34.7. The second-order valence-electron chi connectivity index (χ2n) is 20.9. The van der Waals surface area contributed by atoms with Gasteiger partial charge in [-0.3, -0.25) is 4.79 Å². The van der Waals surface area contributed by atoms with Crippen LogP contribution in [0.1, 0.15) is 129 Å². The van der Waals surface area contributed by atoms with Crippen LogP contribution in [0.15, 0.2) is 134 Å². The average molecular weight is 1460 g/mol. The van der Waals surface area contributed by atoms with Gasteiger partial charge < -0.3 is 61.8 Å². The van der Waals surface area contributed by atoms with E-state index in [-0.39, 0.29) is 218 Å². The number of fused-ring (bicyclic) bond motifs is 2. The topological polar surface area (TPSA) is 254 Å². The molecule has 488 valence electrons. The normalized spacial score (nSPS) is 11.5. The number of phenols is 2. The summed E-state index contributed by atoms with van der Waals surface area (Å²) < 4.78 is 31.8. The van der Waals surface area contributed by atoms with E-state index >= 15 is 0 Å². The van der Waals surface area contributed by atoms with E-state index < -0.39 is 23.9 Å². The number of hydrogen-bond donors (Lipinski definition) is 4. The fourth-order valence-corrected chi connectivity index (χ4v) is 8.43. The number of carbonyl (C=O) groups is 5. The third-order valence-electron chi connectivity index (χ3n) is 11.0. The van der Waals surface area contributed by atoms with Crippen LogP contribution in [0.4, 0.5) is 0 Å². The molecule has 2 aliphatic rings. The average Bonchev–Trinajstić information content (AvgIpc) is 1.62. The zero-order chi connectivity index (χ0) is 67.4. The van der Waals surface area contributed by atoms with Crippen molar-refractivity contribution in [1.29, 1.82) is 0 Å². The van der Waals surface area contributed by atoms with Gasteiger partial charge >= 0.3 is 146 Å². The quantitative estimate of drug-likeness (QED) is 0.0142. The predicted octanol–water partition coefficient (Wildman–Crippen LogP) is 5.34. The van der Waals surface area contributed by atoms with Crippen LogP contribution >= 0.6 is 69.6 Å². The molecule has 2 aliphatic heterocycles. The molecule has 2 heterocycles. The van der Waals surface area contributed by atoms with Crippen molar-refractivity contribution in [3.05, 3.63) is 203 Å². The molecule has 17 nitrogen and oxygen atoms in total. The number of aliphatic hydroxyl groups is 1. The van der Waals surface area contributed by atoms with Gasteiger partial charge in [-0.1, -0.05) is 102 Å². The minimum Gasteiger partial charge on any atom is -1.00 e. The van der Waals surface area contributed by atoms with E-state index in [1.54, 1.807) is 50.2 Å². The number of hydrogen-bond acceptors (Lipinski definition) is 16. The minimum absolute atomic E-state index is 0. The van der Waals surface area contributed by atoms with Crippen LogP contribution in [-0.4, -0.2) is 112 Å². The summed E-state index contributed by atoms with van der Waals surface area (Å²) in [4.78, 5) is 57.1. The van der Waals surface area contributed by atoms with Gasteiger partial charge in [0.15, 0.2) is 17.4 Å². The van der Waals surface area contributed by atoms with E-state index in [4.69, 9.17) is 118 Å². The number of halogens is 6. The van der Waals surface area contributed by atoms with Crippen LogP contribution in [0.2, 0.25) is 25.1 Å². The zero-order valence-electron chi connectivity index (χ0n) is 55.6. The molecule has 0 atom stereocenters. The van der Waals surface area contributed by atoms with Gasteiger partial charge in [0.2, 0.25) is 0 Å². The number of alkyl halides is 1. The molecule has 0 spiro atoms. The van der Waals surface area contributed by atoms with E-state index in [9.17, 15) is 29.4 Å². The Morgan fingerprint density at radius 1 is 0.620 bits per heavy atom. The van der Waals surface area contributed by atoms with Gasteiger partial charge in [-0.2, -0.15) is 0 Å². The standard InChI is InChI=1S/2C15H17ClO3.C12H13ClO3.C11H13ClO2.C7H5ClO3.C4H7Cl.CH2O3.Al.2K.Li.5H/c1-10(2)8-18-12-5-6-14(16)13(7-12)15(17)19-9-11(3)4;1-9(2)7-11-13(17)6-5-12(16)14(11)15(18)19-8-10(3)4;1-12(2)6-7-9(16-12)5-4-8(13)10(7)11(14)15-3;1-11(2)5-7-8(6-13)9(12)3-4-10(7)14-11;8-6-2-1-4(9)3-5(6)7(10)11;1-4(2)3-5;2-1-4-3;;;;;;;;;/h5-7H,1,3,8-9H2,2,4H3;5-6,17H,1,3,7-8H2,2,4H3;4-5H,6H2,1-3H3;3-4,13H,5-6H2,1-2H3;1-3,9H,(H,10,11);1,3H2,2H3;1,3H;;;;;;;;;/q;;;;;;;;3*+1;;;;2*-1/p-1. The molecule has 27 heteroatoms. The first-order chi connectivity index (χ1) is 41.0. The second-order valence-corrected chi connectivity index (χ2v) is 23.2. The van der Waals surface area contributed by atoms with E-state index in [0.29, 0.717) is 57.3 Å². The first-order valence-electron chi connectivity index (χ1n) is 26.2. The Kier molecular flexibility index (Phi) is 49.9. The third-order valence-corrected chi connectivity index (χ3v) is 13.1. The summed E-state index contributed by atoms with van der Waals surface area (Å²) in [6.07, 6.45) is 1.83. The predicted molar refractivity (Wildman–Crippen MR) is 355 cm³/mol. The molecule has 0 radical (unpaired) electrons. The molecule has 7 rings (SSSR count). The van der Waals surface area contributed by atoms with Crippen molar-refractivity contribution in [3.63, 3.8) is 0 Å². The Morgan fingerprint density at radius 2 is 1.05 bits per heavy atom. The Labute approximate surface area is 679 Å². The second kappa shape index (κ2) is 48.0. The van der Waals surface area contributed by atoms with Gasteiger partial charge in [-0.15, -0.1) is 11.6 Å². The molecule has 0 fully saturated rings. The smallest absolute Gasteiger partial charge is 1.00 e. The number of carboxylic acids is 1. The summed E-state index contributed by atoms with van der Waals surface area (Å²) in [5.74, 6) is -0.0163. The number of esters is 3. The van der Waals surface area contributed by atoms with Crippen molar-refractivity contribution in [2.75, 3.05) is 32.8 Å². The molecule has 0 unspecified atom stereocenters. The molecule has 4 N–H and O–H groups in total. The molecule has 0 saturated carbocycles. The number of carboxylic acid groups (broad SMARTS) is 1. The van der Waals surface area contributed by atoms with Crippen molar-refractivity contribution in [1.82, 2.24) is 0 Å². The summed E-state index contributed by atoms with van der Waals surface area (Å²) in [5, 5.41) is 46.6. The third kappa shape index (κ3) is 34.9. The fourth-order valence-electron chi connectivity index (χ4n) is 7.29. The van der Waals surface area contributed by atoms with Crippen molar-refractivity contribution in [3.8, 4) is 28.7 Å². The number of allylic oxidation sites excluding steroid dienone is 2. The maximum Gasteiger partial charge on any atom is 1.00 e. The van der Waals surface area contributed by atoms with Crippen molar-refractivity contribution >= 4 is 117 Å². The van der Waals surface area contributed by atoms with Gasteiger partial charge in [-0.25, -0.2) is 19.2 Å². The van der Waals surface area contributed by atoms with Crippen molar-refractivity contribution in [2.24, 2.45) is 0 Å². The Balaban J connectivity index is -0.000000247.